The number of nitrogens with one attached hydrogen (secondary N) is 1. The van der Waals surface area contributed by atoms with Gasteiger partial charge in [0.2, 0.25) is 0 Å². The number of aromatic nitrogens is 2. The number of anilines is 2. The number of aryl methyl sites for hydroxylation is 1. The lowest BCUT2D eigenvalue weighted by molar-refractivity contribution is 0.615. The minimum atomic E-state index is -0.00381. The molecule has 1 aromatic rings. The molecular formula is C11H22N4. The van der Waals surface area contributed by atoms with Gasteiger partial charge in [0.05, 0.1) is 11.4 Å². The Labute approximate surface area is 91.8 Å². The molecule has 0 aliphatic heterocycles. The van der Waals surface area contributed by atoms with Crippen LogP contribution < -0.4 is 11.1 Å². The molecule has 0 atom stereocenters. The van der Waals surface area contributed by atoms with Crippen molar-refractivity contribution in [2.75, 3.05) is 11.1 Å². The molecule has 0 unspecified atom stereocenters. The zero-order chi connectivity index (χ0) is 11.8. The summed E-state index contributed by atoms with van der Waals surface area (Å²) in [4.78, 5) is 0. The number of hydrogen-bond donors (Lipinski definition) is 2. The highest BCUT2D eigenvalue weighted by Crippen LogP contribution is 2.29. The van der Waals surface area contributed by atoms with Crippen molar-refractivity contribution in [3.63, 3.8) is 0 Å². The fraction of sp³-hybridized carbons (Fsp3) is 0.727. The summed E-state index contributed by atoms with van der Waals surface area (Å²) < 4.78 is 1.82. The zero-order valence-corrected chi connectivity index (χ0v) is 10.5. The minimum Gasteiger partial charge on any atom is -0.394 e. The lowest BCUT2D eigenvalue weighted by Gasteiger charge is -2.22. The second-order valence-corrected chi connectivity index (χ2v) is 5.30. The van der Waals surface area contributed by atoms with Gasteiger partial charge >= 0.3 is 0 Å². The molecule has 0 saturated heterocycles. The van der Waals surface area contributed by atoms with Crippen LogP contribution in [0.3, 0.4) is 0 Å². The summed E-state index contributed by atoms with van der Waals surface area (Å²) in [6.07, 6.45) is 0. The normalized spacial score (nSPS) is 12.2. The predicted octanol–water partition coefficient (Wildman–Crippen LogP) is 2.34. The van der Waals surface area contributed by atoms with E-state index < -0.39 is 0 Å². The molecule has 3 N–H and O–H groups in total. The van der Waals surface area contributed by atoms with Crippen molar-refractivity contribution >= 4 is 11.5 Å². The molecule has 0 bridgehead atoms. The smallest absolute Gasteiger partial charge is 0.148 e. The summed E-state index contributed by atoms with van der Waals surface area (Å²) in [5.74, 6) is 1.26. The maximum atomic E-state index is 6.07. The van der Waals surface area contributed by atoms with E-state index >= 15 is 0 Å². The summed E-state index contributed by atoms with van der Waals surface area (Å²) in [6, 6.07) is 0. The van der Waals surface area contributed by atoms with Crippen molar-refractivity contribution < 1.29 is 0 Å². The molecule has 4 nitrogen and oxygen atoms in total. The molecule has 0 aliphatic carbocycles. The predicted molar refractivity (Wildman–Crippen MR) is 65.1 cm³/mol. The molecule has 1 heterocycles. The van der Waals surface area contributed by atoms with E-state index in [4.69, 9.17) is 5.73 Å². The highest BCUT2D eigenvalue weighted by molar-refractivity contribution is 5.66. The van der Waals surface area contributed by atoms with Crippen LogP contribution in [0.15, 0.2) is 0 Å². The second kappa shape index (κ2) is 3.76. The third kappa shape index (κ3) is 2.64. The van der Waals surface area contributed by atoms with E-state index in [1.165, 1.54) is 0 Å². The van der Waals surface area contributed by atoms with Gasteiger partial charge in [0.25, 0.3) is 0 Å². The number of nitrogens with two attached hydrogens (primary N) is 1. The van der Waals surface area contributed by atoms with Crippen LogP contribution in [0.25, 0.3) is 0 Å². The first-order valence-electron chi connectivity index (χ1n) is 5.33. The average molecular weight is 210 g/mol. The Morgan fingerprint density at radius 2 is 1.87 bits per heavy atom. The van der Waals surface area contributed by atoms with E-state index in [1.807, 2.05) is 11.7 Å². The average Bonchev–Trinajstić information content (AvgIpc) is 2.29. The summed E-state index contributed by atoms with van der Waals surface area (Å²) >= 11 is 0. The van der Waals surface area contributed by atoms with Crippen LogP contribution in [0.2, 0.25) is 0 Å². The molecule has 0 aromatic carbocycles. The van der Waals surface area contributed by atoms with Gasteiger partial charge in [-0.15, -0.1) is 0 Å². The molecule has 0 aliphatic rings. The number of nitrogens with zero attached hydrogens (tertiary/aromatic N) is 2. The lowest BCUT2D eigenvalue weighted by atomic mass is 10.1. The van der Waals surface area contributed by atoms with Crippen LogP contribution >= 0.6 is 0 Å². The molecule has 15 heavy (non-hydrogen) atoms. The maximum Gasteiger partial charge on any atom is 0.148 e. The highest BCUT2D eigenvalue weighted by Gasteiger charge is 2.19. The Bertz CT molecular complexity index is 344. The molecule has 0 radical (unpaired) electrons. The summed E-state index contributed by atoms with van der Waals surface area (Å²) in [6.45, 7) is 10.5. The van der Waals surface area contributed by atoms with Crippen molar-refractivity contribution in [3.8, 4) is 0 Å². The molecular weight excluding hydrogens is 188 g/mol. The quantitative estimate of drug-likeness (QED) is 0.787. The van der Waals surface area contributed by atoms with Crippen LogP contribution in [-0.2, 0) is 7.05 Å². The van der Waals surface area contributed by atoms with Gasteiger partial charge in [0, 0.05) is 12.6 Å². The molecule has 0 spiro atoms. The van der Waals surface area contributed by atoms with Crippen LogP contribution in [0.5, 0.6) is 0 Å². The Hall–Kier alpha value is -1.19. The standard InChI is InChI=1S/C11H22N4/c1-7(2)9-8(12)10(15(6)14-9)13-11(3,4)5/h7,13H,12H2,1-6H3. The fourth-order valence-corrected chi connectivity index (χ4v) is 1.49. The molecule has 1 aromatic heterocycles. The van der Waals surface area contributed by atoms with Crippen molar-refractivity contribution in [3.05, 3.63) is 5.69 Å². The van der Waals surface area contributed by atoms with E-state index in [0.717, 1.165) is 17.2 Å². The topological polar surface area (TPSA) is 55.9 Å². The molecule has 1 rings (SSSR count). The van der Waals surface area contributed by atoms with Gasteiger partial charge in [-0.1, -0.05) is 13.8 Å². The second-order valence-electron chi connectivity index (χ2n) is 5.30. The van der Waals surface area contributed by atoms with Gasteiger partial charge in [-0.2, -0.15) is 5.10 Å². The van der Waals surface area contributed by atoms with Gasteiger partial charge in [-0.25, -0.2) is 0 Å². The molecule has 0 saturated carbocycles. The van der Waals surface area contributed by atoms with E-state index in [9.17, 15) is 0 Å². The summed E-state index contributed by atoms with van der Waals surface area (Å²) in [7, 11) is 1.91. The molecule has 0 amide bonds. The number of rotatable bonds is 2. The number of hydrogen-bond acceptors (Lipinski definition) is 3. The maximum absolute atomic E-state index is 6.07. The van der Waals surface area contributed by atoms with Gasteiger partial charge in [-0.3, -0.25) is 4.68 Å². The van der Waals surface area contributed by atoms with Crippen molar-refractivity contribution in [2.45, 2.75) is 46.1 Å². The number of nitrogen functional groups attached to an aromatic ring is 1. The Kier molecular flexibility index (Phi) is 2.98. The van der Waals surface area contributed by atoms with E-state index in [-0.39, 0.29) is 5.54 Å². The lowest BCUT2D eigenvalue weighted by Crippen LogP contribution is -2.28. The van der Waals surface area contributed by atoms with Crippen LogP contribution in [0.4, 0.5) is 11.5 Å². The van der Waals surface area contributed by atoms with Crippen LogP contribution in [0.1, 0.15) is 46.2 Å². The van der Waals surface area contributed by atoms with E-state index in [2.05, 4.69) is 45.0 Å². The van der Waals surface area contributed by atoms with E-state index in [1.54, 1.807) is 0 Å². The SMILES string of the molecule is CC(C)c1nn(C)c(NC(C)(C)C)c1N. The monoisotopic (exact) mass is 210 g/mol. The Morgan fingerprint density at radius 3 is 2.20 bits per heavy atom. The van der Waals surface area contributed by atoms with Crippen LogP contribution in [-0.4, -0.2) is 15.3 Å². The summed E-state index contributed by atoms with van der Waals surface area (Å²) in [5.41, 5.74) is 7.79. The molecule has 0 fully saturated rings. The van der Waals surface area contributed by atoms with Crippen LogP contribution in [0, 0.1) is 0 Å². The zero-order valence-electron chi connectivity index (χ0n) is 10.5. The first-order chi connectivity index (χ1) is 6.72. The Balaban J connectivity index is 3.09. The first kappa shape index (κ1) is 11.9. The van der Waals surface area contributed by atoms with E-state index in [0.29, 0.717) is 5.92 Å². The first-order valence-corrected chi connectivity index (χ1v) is 5.33. The van der Waals surface area contributed by atoms with Crippen molar-refractivity contribution in [2.24, 2.45) is 7.05 Å². The fourth-order valence-electron chi connectivity index (χ4n) is 1.49. The van der Waals surface area contributed by atoms with Gasteiger partial charge in [-0.05, 0) is 26.7 Å². The minimum absolute atomic E-state index is 0.00381. The largest absolute Gasteiger partial charge is 0.394 e. The van der Waals surface area contributed by atoms with Crippen molar-refractivity contribution in [1.29, 1.82) is 0 Å². The third-order valence-electron chi connectivity index (χ3n) is 2.15. The van der Waals surface area contributed by atoms with Gasteiger partial charge in [0.15, 0.2) is 0 Å². The summed E-state index contributed by atoms with van der Waals surface area (Å²) in [5, 5.41) is 7.79. The highest BCUT2D eigenvalue weighted by atomic mass is 15.3. The molecule has 86 valence electrons. The molecule has 4 heteroatoms. The van der Waals surface area contributed by atoms with Gasteiger partial charge in [0.1, 0.15) is 5.82 Å². The van der Waals surface area contributed by atoms with Gasteiger partial charge < -0.3 is 11.1 Å². The third-order valence-corrected chi connectivity index (χ3v) is 2.15. The Morgan fingerprint density at radius 1 is 1.33 bits per heavy atom. The van der Waals surface area contributed by atoms with Crippen molar-refractivity contribution in [1.82, 2.24) is 9.78 Å².